The number of hydrogen-bond acceptors (Lipinski definition) is 6. The highest BCUT2D eigenvalue weighted by molar-refractivity contribution is 7.89. The van der Waals surface area contributed by atoms with Gasteiger partial charge in [-0.2, -0.15) is 0 Å². The average Bonchev–Trinajstić information content (AvgIpc) is 2.69. The van der Waals surface area contributed by atoms with Gasteiger partial charge in [0.2, 0.25) is 15.9 Å². The molecule has 0 spiro atoms. The first-order valence-corrected chi connectivity index (χ1v) is 11.3. The first-order chi connectivity index (χ1) is 13.8. The second-order valence-corrected chi connectivity index (χ2v) is 8.63. The van der Waals surface area contributed by atoms with Crippen molar-refractivity contribution in [3.05, 3.63) is 58.7 Å². The van der Waals surface area contributed by atoms with Crippen molar-refractivity contribution >= 4 is 27.6 Å². The summed E-state index contributed by atoms with van der Waals surface area (Å²) in [6.45, 7) is 5.64. The van der Waals surface area contributed by atoms with E-state index in [0.29, 0.717) is 24.0 Å². The number of hydrogen-bond donors (Lipinski definition) is 0. The van der Waals surface area contributed by atoms with Gasteiger partial charge in [-0.25, -0.2) is 17.7 Å². The fourth-order valence-electron chi connectivity index (χ4n) is 2.65. The molecule has 0 aliphatic carbocycles. The Morgan fingerprint density at radius 2 is 1.79 bits per heavy atom. The minimum absolute atomic E-state index is 0.237. The molecular weight excluding hydrogens is 416 g/mol. The van der Waals surface area contributed by atoms with Gasteiger partial charge >= 0.3 is 5.97 Å². The van der Waals surface area contributed by atoms with Crippen molar-refractivity contribution in [2.24, 2.45) is 0 Å². The van der Waals surface area contributed by atoms with E-state index in [-0.39, 0.29) is 18.4 Å². The Hall–Kier alpha value is -2.16. The van der Waals surface area contributed by atoms with E-state index in [9.17, 15) is 13.2 Å². The molecule has 158 valence electrons. The minimum atomic E-state index is -3.71. The SMILES string of the molecule is CCN(CC)S(=O)(=O)CC(=O)OCc1nc(OC(C)c2ccccc2)ccc1Cl. The van der Waals surface area contributed by atoms with Crippen molar-refractivity contribution in [1.82, 2.24) is 9.29 Å². The van der Waals surface area contributed by atoms with Gasteiger partial charge in [0.15, 0.2) is 5.75 Å². The highest BCUT2D eigenvalue weighted by Crippen LogP contribution is 2.23. The van der Waals surface area contributed by atoms with Crippen LogP contribution < -0.4 is 4.74 Å². The summed E-state index contributed by atoms with van der Waals surface area (Å²) >= 11 is 6.13. The molecule has 7 nitrogen and oxygen atoms in total. The lowest BCUT2D eigenvalue weighted by Crippen LogP contribution is -2.35. The Morgan fingerprint density at radius 3 is 2.41 bits per heavy atom. The Kier molecular flexibility index (Phi) is 8.43. The Labute approximate surface area is 176 Å². The molecule has 0 N–H and O–H groups in total. The Morgan fingerprint density at radius 1 is 1.14 bits per heavy atom. The zero-order chi connectivity index (χ0) is 21.4. The maximum atomic E-state index is 12.2. The van der Waals surface area contributed by atoms with Crippen LogP contribution in [0, 0.1) is 0 Å². The molecule has 0 amide bonds. The molecule has 1 heterocycles. The third kappa shape index (κ3) is 6.69. The number of carbonyl (C=O) groups excluding carboxylic acids is 1. The van der Waals surface area contributed by atoms with Crippen LogP contribution in [-0.2, 0) is 26.2 Å². The summed E-state index contributed by atoms with van der Waals surface area (Å²) in [5.41, 5.74) is 1.27. The van der Waals surface area contributed by atoms with Crippen molar-refractivity contribution in [1.29, 1.82) is 0 Å². The lowest BCUT2D eigenvalue weighted by atomic mass is 10.1. The number of nitrogens with zero attached hydrogens (tertiary/aromatic N) is 2. The number of carbonyl (C=O) groups is 1. The molecule has 29 heavy (non-hydrogen) atoms. The van der Waals surface area contributed by atoms with Crippen molar-refractivity contribution in [3.63, 3.8) is 0 Å². The van der Waals surface area contributed by atoms with Gasteiger partial charge < -0.3 is 9.47 Å². The van der Waals surface area contributed by atoms with Crippen LogP contribution in [0.5, 0.6) is 5.88 Å². The number of ether oxygens (including phenoxy) is 2. The van der Waals surface area contributed by atoms with Crippen molar-refractivity contribution in [2.45, 2.75) is 33.5 Å². The molecular formula is C20H25ClN2O5S. The first-order valence-electron chi connectivity index (χ1n) is 9.27. The molecule has 0 bridgehead atoms. The second kappa shape index (κ2) is 10.6. The molecule has 1 aromatic carbocycles. The summed E-state index contributed by atoms with van der Waals surface area (Å²) in [5, 5.41) is 0.295. The van der Waals surface area contributed by atoms with Crippen LogP contribution >= 0.6 is 11.6 Å². The van der Waals surface area contributed by atoms with Gasteiger partial charge in [-0.05, 0) is 18.6 Å². The quantitative estimate of drug-likeness (QED) is 0.525. The van der Waals surface area contributed by atoms with E-state index in [4.69, 9.17) is 21.1 Å². The fraction of sp³-hybridized carbons (Fsp3) is 0.400. The predicted molar refractivity (Wildman–Crippen MR) is 111 cm³/mol. The predicted octanol–water partition coefficient (Wildman–Crippen LogP) is 3.59. The largest absolute Gasteiger partial charge is 0.470 e. The monoisotopic (exact) mass is 440 g/mol. The lowest BCUT2D eigenvalue weighted by molar-refractivity contribution is -0.141. The molecule has 0 saturated heterocycles. The smallest absolute Gasteiger partial charge is 0.322 e. The van der Waals surface area contributed by atoms with Crippen molar-refractivity contribution in [3.8, 4) is 5.88 Å². The summed E-state index contributed by atoms with van der Waals surface area (Å²) < 4.78 is 36.4. The van der Waals surface area contributed by atoms with E-state index in [2.05, 4.69) is 4.98 Å². The third-order valence-electron chi connectivity index (χ3n) is 4.23. The lowest BCUT2D eigenvalue weighted by Gasteiger charge is -2.18. The van der Waals surface area contributed by atoms with Gasteiger partial charge in [0.05, 0.1) is 5.02 Å². The van der Waals surface area contributed by atoms with E-state index in [1.807, 2.05) is 37.3 Å². The van der Waals surface area contributed by atoms with Crippen LogP contribution in [-0.4, -0.2) is 42.5 Å². The van der Waals surface area contributed by atoms with Crippen LogP contribution in [0.2, 0.25) is 5.02 Å². The minimum Gasteiger partial charge on any atom is -0.470 e. The molecule has 2 aromatic rings. The number of benzene rings is 1. The molecule has 1 unspecified atom stereocenters. The molecule has 1 aromatic heterocycles. The summed E-state index contributed by atoms with van der Waals surface area (Å²) in [7, 11) is -3.71. The third-order valence-corrected chi connectivity index (χ3v) is 6.48. The molecule has 2 rings (SSSR count). The average molecular weight is 441 g/mol. The molecule has 0 fully saturated rings. The van der Waals surface area contributed by atoms with Gasteiger partial charge in [0.1, 0.15) is 18.4 Å². The van der Waals surface area contributed by atoms with E-state index in [1.54, 1.807) is 26.0 Å². The molecule has 1 atom stereocenters. The van der Waals surface area contributed by atoms with E-state index in [0.717, 1.165) is 5.56 Å². The maximum Gasteiger partial charge on any atom is 0.322 e. The van der Waals surface area contributed by atoms with Crippen molar-refractivity contribution in [2.75, 3.05) is 18.8 Å². The molecule has 0 aliphatic rings. The number of esters is 1. The van der Waals surface area contributed by atoms with Gasteiger partial charge in [-0.3, -0.25) is 4.79 Å². The van der Waals surface area contributed by atoms with Crippen LogP contribution in [0.1, 0.15) is 38.1 Å². The summed E-state index contributed by atoms with van der Waals surface area (Å²) in [6.07, 6.45) is -0.237. The van der Waals surface area contributed by atoms with Gasteiger partial charge in [0.25, 0.3) is 0 Å². The van der Waals surface area contributed by atoms with E-state index in [1.165, 1.54) is 4.31 Å². The highest BCUT2D eigenvalue weighted by atomic mass is 35.5. The Balaban J connectivity index is 2.00. The van der Waals surface area contributed by atoms with Gasteiger partial charge in [0, 0.05) is 19.2 Å². The van der Waals surface area contributed by atoms with Crippen LogP contribution in [0.25, 0.3) is 0 Å². The molecule has 9 heteroatoms. The zero-order valence-corrected chi connectivity index (χ0v) is 18.2. The number of rotatable bonds is 10. The van der Waals surface area contributed by atoms with Gasteiger partial charge in [-0.15, -0.1) is 0 Å². The Bertz CT molecular complexity index is 918. The van der Waals surface area contributed by atoms with Crippen LogP contribution in [0.3, 0.4) is 0 Å². The van der Waals surface area contributed by atoms with E-state index >= 15 is 0 Å². The summed E-state index contributed by atoms with van der Waals surface area (Å²) in [5.74, 6) is -1.26. The number of pyridine rings is 1. The standard InChI is InChI=1S/C20H25ClN2O5S/c1-4-23(5-2)29(25,26)14-20(24)27-13-18-17(21)11-12-19(22-18)28-15(3)16-9-7-6-8-10-16/h6-12,15H,4-5,13-14H2,1-3H3. The zero-order valence-electron chi connectivity index (χ0n) is 16.7. The van der Waals surface area contributed by atoms with Gasteiger partial charge in [-0.1, -0.05) is 55.8 Å². The second-order valence-electron chi connectivity index (χ2n) is 6.25. The number of halogens is 1. The number of sulfonamides is 1. The number of aromatic nitrogens is 1. The topological polar surface area (TPSA) is 85.8 Å². The normalized spacial score (nSPS) is 12.6. The fourth-order valence-corrected chi connectivity index (χ4v) is 4.16. The molecule has 0 aliphatic heterocycles. The van der Waals surface area contributed by atoms with Crippen LogP contribution in [0.4, 0.5) is 0 Å². The van der Waals surface area contributed by atoms with Crippen LogP contribution in [0.15, 0.2) is 42.5 Å². The molecule has 0 radical (unpaired) electrons. The van der Waals surface area contributed by atoms with Crippen molar-refractivity contribution < 1.29 is 22.7 Å². The highest BCUT2D eigenvalue weighted by Gasteiger charge is 2.24. The maximum absolute atomic E-state index is 12.2. The first kappa shape index (κ1) is 23.1. The summed E-state index contributed by atoms with van der Waals surface area (Å²) in [6, 6.07) is 12.9. The molecule has 0 saturated carbocycles. The van der Waals surface area contributed by atoms with E-state index < -0.39 is 21.7 Å². The summed E-state index contributed by atoms with van der Waals surface area (Å²) in [4.78, 5) is 16.3.